The van der Waals surface area contributed by atoms with Gasteiger partial charge in [0.1, 0.15) is 0 Å². The first-order chi connectivity index (χ1) is 8.01. The van der Waals surface area contributed by atoms with E-state index in [9.17, 15) is 13.2 Å². The third-order valence-electron chi connectivity index (χ3n) is 2.90. The maximum atomic E-state index is 12.0. The number of hydrogen-bond acceptors (Lipinski definition) is 4. The van der Waals surface area contributed by atoms with Crippen molar-refractivity contribution >= 4 is 16.0 Å². The van der Waals surface area contributed by atoms with E-state index >= 15 is 0 Å². The van der Waals surface area contributed by atoms with E-state index in [1.54, 1.807) is 0 Å². The Morgan fingerprint density at radius 1 is 1.47 bits per heavy atom. The Hall–Kier alpha value is -1.41. The van der Waals surface area contributed by atoms with Crippen LogP contribution in [0.4, 0.5) is 0 Å². The quantitative estimate of drug-likeness (QED) is 0.788. The molecule has 2 N–H and O–H groups in total. The molecule has 1 aliphatic heterocycles. The minimum Gasteiger partial charge on any atom is -0.481 e. The third kappa shape index (κ3) is 2.32. The molecule has 7 nitrogen and oxygen atoms in total. The predicted molar refractivity (Wildman–Crippen MR) is 57.7 cm³/mol. The average molecular weight is 259 g/mol. The van der Waals surface area contributed by atoms with Crippen LogP contribution in [0.25, 0.3) is 0 Å². The molecular formula is C9H13N3O4S. The summed E-state index contributed by atoms with van der Waals surface area (Å²) in [5.41, 5.74) is 0. The van der Waals surface area contributed by atoms with Crippen molar-refractivity contribution in [1.29, 1.82) is 0 Å². The molecule has 1 aromatic rings. The normalized spacial score (nSPS) is 19.3. The monoisotopic (exact) mass is 259 g/mol. The molecule has 2 rings (SSSR count). The molecule has 17 heavy (non-hydrogen) atoms. The van der Waals surface area contributed by atoms with Gasteiger partial charge in [-0.05, 0) is 18.9 Å². The average Bonchev–Trinajstić information content (AvgIpc) is 2.83. The van der Waals surface area contributed by atoms with Crippen molar-refractivity contribution in [3.8, 4) is 0 Å². The van der Waals surface area contributed by atoms with Crippen LogP contribution < -0.4 is 0 Å². The van der Waals surface area contributed by atoms with Crippen LogP contribution in [0.2, 0.25) is 0 Å². The second kappa shape index (κ2) is 4.46. The number of carbonyl (C=O) groups is 1. The van der Waals surface area contributed by atoms with Gasteiger partial charge in [-0.3, -0.25) is 9.89 Å². The minimum atomic E-state index is -3.55. The van der Waals surface area contributed by atoms with Crippen LogP contribution in [0.5, 0.6) is 0 Å². The summed E-state index contributed by atoms with van der Waals surface area (Å²) in [4.78, 5) is 10.8. The molecule has 0 amide bonds. The fourth-order valence-corrected chi connectivity index (χ4v) is 3.24. The Balaban J connectivity index is 2.09. The van der Waals surface area contributed by atoms with E-state index in [0.717, 1.165) is 0 Å². The molecule has 0 atom stereocenters. The Morgan fingerprint density at radius 3 is 2.59 bits per heavy atom. The van der Waals surface area contributed by atoms with Gasteiger partial charge in [-0.25, -0.2) is 8.42 Å². The number of nitrogens with zero attached hydrogens (tertiary/aromatic N) is 2. The van der Waals surface area contributed by atoms with Crippen molar-refractivity contribution in [3.63, 3.8) is 0 Å². The first-order valence-electron chi connectivity index (χ1n) is 5.24. The van der Waals surface area contributed by atoms with Crippen LogP contribution in [-0.2, 0) is 14.8 Å². The van der Waals surface area contributed by atoms with Crippen molar-refractivity contribution < 1.29 is 18.3 Å². The molecule has 0 saturated carbocycles. The summed E-state index contributed by atoms with van der Waals surface area (Å²) in [6, 6.07) is 1.39. The van der Waals surface area contributed by atoms with Crippen LogP contribution >= 0.6 is 0 Å². The van der Waals surface area contributed by atoms with Crippen LogP contribution in [-0.4, -0.2) is 47.1 Å². The summed E-state index contributed by atoms with van der Waals surface area (Å²) in [5.74, 6) is -1.30. The SMILES string of the molecule is O=C(O)C1CCN(S(=O)(=O)c2ccn[nH]2)CC1. The van der Waals surface area contributed by atoms with Gasteiger partial charge in [-0.1, -0.05) is 0 Å². The number of carboxylic acid groups (broad SMARTS) is 1. The van der Waals surface area contributed by atoms with E-state index in [4.69, 9.17) is 5.11 Å². The number of sulfonamides is 1. The van der Waals surface area contributed by atoms with Crippen LogP contribution in [0, 0.1) is 5.92 Å². The highest BCUT2D eigenvalue weighted by Crippen LogP contribution is 2.22. The van der Waals surface area contributed by atoms with E-state index < -0.39 is 21.9 Å². The highest BCUT2D eigenvalue weighted by Gasteiger charge is 2.32. The number of carboxylic acids is 1. The molecule has 0 aromatic carbocycles. The predicted octanol–water partition coefficient (Wildman–Crippen LogP) is -0.105. The third-order valence-corrected chi connectivity index (χ3v) is 4.72. The number of rotatable bonds is 3. The maximum Gasteiger partial charge on any atom is 0.306 e. The Morgan fingerprint density at radius 2 is 2.12 bits per heavy atom. The summed E-state index contributed by atoms with van der Waals surface area (Å²) in [5, 5.41) is 14.9. The van der Waals surface area contributed by atoms with E-state index in [-0.39, 0.29) is 18.1 Å². The molecule has 0 spiro atoms. The van der Waals surface area contributed by atoms with Crippen molar-refractivity contribution in [2.24, 2.45) is 5.92 Å². The van der Waals surface area contributed by atoms with Gasteiger partial charge in [-0.15, -0.1) is 0 Å². The molecule has 1 fully saturated rings. The zero-order valence-corrected chi connectivity index (χ0v) is 9.85. The van der Waals surface area contributed by atoms with Crippen molar-refractivity contribution in [2.45, 2.75) is 17.9 Å². The molecule has 94 valence electrons. The summed E-state index contributed by atoms with van der Waals surface area (Å²) in [7, 11) is -3.55. The number of hydrogen-bond donors (Lipinski definition) is 2. The van der Waals surface area contributed by atoms with Crippen LogP contribution in [0.3, 0.4) is 0 Å². The molecular weight excluding hydrogens is 246 g/mol. The standard InChI is InChI=1S/C9H13N3O4S/c13-9(14)7-2-5-12(6-3-7)17(15,16)8-1-4-10-11-8/h1,4,7H,2-3,5-6H2,(H,10,11)(H,13,14). The van der Waals surface area contributed by atoms with Gasteiger partial charge < -0.3 is 5.11 Å². The fraction of sp³-hybridized carbons (Fsp3) is 0.556. The van der Waals surface area contributed by atoms with Gasteiger partial charge in [-0.2, -0.15) is 9.40 Å². The van der Waals surface area contributed by atoms with Crippen LogP contribution in [0.1, 0.15) is 12.8 Å². The summed E-state index contributed by atoms with van der Waals surface area (Å²) in [6.07, 6.45) is 2.07. The molecule has 0 unspecified atom stereocenters. The zero-order chi connectivity index (χ0) is 12.5. The van der Waals surface area contributed by atoms with Gasteiger partial charge in [0.25, 0.3) is 10.0 Å². The molecule has 0 aliphatic carbocycles. The Bertz CT molecular complexity index is 488. The first kappa shape index (κ1) is 12.1. The van der Waals surface area contributed by atoms with Crippen molar-refractivity contribution in [2.75, 3.05) is 13.1 Å². The first-order valence-corrected chi connectivity index (χ1v) is 6.68. The maximum absolute atomic E-state index is 12.0. The van der Waals surface area contributed by atoms with E-state index in [1.807, 2.05) is 0 Å². The second-order valence-electron chi connectivity index (χ2n) is 3.94. The highest BCUT2D eigenvalue weighted by atomic mass is 32.2. The van der Waals surface area contributed by atoms with E-state index in [1.165, 1.54) is 16.6 Å². The Kier molecular flexibility index (Phi) is 3.16. The fourth-order valence-electron chi connectivity index (χ4n) is 1.87. The van der Waals surface area contributed by atoms with Gasteiger partial charge in [0, 0.05) is 13.1 Å². The molecule has 1 saturated heterocycles. The lowest BCUT2D eigenvalue weighted by atomic mass is 9.99. The van der Waals surface area contributed by atoms with Gasteiger partial charge in [0.15, 0.2) is 5.03 Å². The smallest absolute Gasteiger partial charge is 0.306 e. The summed E-state index contributed by atoms with van der Waals surface area (Å²) < 4.78 is 25.4. The molecule has 8 heteroatoms. The molecule has 2 heterocycles. The Labute approximate surface area is 98.5 Å². The van der Waals surface area contributed by atoms with Gasteiger partial charge >= 0.3 is 5.97 Å². The lowest BCUT2D eigenvalue weighted by molar-refractivity contribution is -0.142. The minimum absolute atomic E-state index is 0.0475. The van der Waals surface area contributed by atoms with Crippen molar-refractivity contribution in [1.82, 2.24) is 14.5 Å². The number of aliphatic carboxylic acids is 1. The zero-order valence-electron chi connectivity index (χ0n) is 9.04. The number of piperidine rings is 1. The molecule has 0 radical (unpaired) electrons. The number of aromatic nitrogens is 2. The van der Waals surface area contributed by atoms with Crippen LogP contribution in [0.15, 0.2) is 17.3 Å². The number of H-pyrrole nitrogens is 1. The number of aromatic amines is 1. The number of nitrogens with one attached hydrogen (secondary N) is 1. The second-order valence-corrected chi connectivity index (χ2v) is 5.84. The molecule has 1 aliphatic rings. The highest BCUT2D eigenvalue weighted by molar-refractivity contribution is 7.89. The summed E-state index contributed by atoms with van der Waals surface area (Å²) in [6.45, 7) is 0.469. The summed E-state index contributed by atoms with van der Waals surface area (Å²) >= 11 is 0. The molecule has 0 bridgehead atoms. The van der Waals surface area contributed by atoms with Gasteiger partial charge in [0.05, 0.1) is 12.1 Å². The topological polar surface area (TPSA) is 103 Å². The molecule has 1 aromatic heterocycles. The lowest BCUT2D eigenvalue weighted by Gasteiger charge is -2.28. The van der Waals surface area contributed by atoms with Gasteiger partial charge in [0.2, 0.25) is 0 Å². The van der Waals surface area contributed by atoms with E-state index in [2.05, 4.69) is 10.2 Å². The van der Waals surface area contributed by atoms with E-state index in [0.29, 0.717) is 12.8 Å². The van der Waals surface area contributed by atoms with Crippen molar-refractivity contribution in [3.05, 3.63) is 12.3 Å². The largest absolute Gasteiger partial charge is 0.481 e. The lowest BCUT2D eigenvalue weighted by Crippen LogP contribution is -2.40.